The Morgan fingerprint density at radius 1 is 1.06 bits per heavy atom. The summed E-state index contributed by atoms with van der Waals surface area (Å²) in [6.45, 7) is 0. The molecule has 1 N–H and O–H groups in total. The summed E-state index contributed by atoms with van der Waals surface area (Å²) in [4.78, 5) is 4.00. The summed E-state index contributed by atoms with van der Waals surface area (Å²) in [7, 11) is 0. The Kier molecular flexibility index (Phi) is 5.40. The molecule has 1 aromatic carbocycles. The highest BCUT2D eigenvalue weighted by molar-refractivity contribution is 5.85. The minimum absolute atomic E-state index is 0. The van der Waals surface area contributed by atoms with Crippen molar-refractivity contribution in [3.8, 4) is 0 Å². The molecule has 2 aromatic rings. The maximum absolute atomic E-state index is 9.87. The highest BCUT2D eigenvalue weighted by Crippen LogP contribution is 2.14. The van der Waals surface area contributed by atoms with Gasteiger partial charge in [0.15, 0.2) is 0 Å². The SMILES string of the molecule is Cl.OC(/C=C/c1cccnc1)c1ccccc1. The van der Waals surface area contributed by atoms with E-state index in [1.54, 1.807) is 18.5 Å². The number of hydrogen-bond donors (Lipinski definition) is 1. The first-order valence-electron chi connectivity index (χ1n) is 5.17. The van der Waals surface area contributed by atoms with Crippen LogP contribution in [0.5, 0.6) is 0 Å². The summed E-state index contributed by atoms with van der Waals surface area (Å²) in [6.07, 6.45) is 6.54. The van der Waals surface area contributed by atoms with Gasteiger partial charge in [-0.15, -0.1) is 12.4 Å². The van der Waals surface area contributed by atoms with Crippen LogP contribution in [0.3, 0.4) is 0 Å². The fourth-order valence-electron chi connectivity index (χ4n) is 1.44. The van der Waals surface area contributed by atoms with Gasteiger partial charge in [0.2, 0.25) is 0 Å². The lowest BCUT2D eigenvalue weighted by Gasteiger charge is -2.04. The molecule has 0 bridgehead atoms. The van der Waals surface area contributed by atoms with Crippen molar-refractivity contribution in [1.82, 2.24) is 4.98 Å². The first-order chi connectivity index (χ1) is 7.86. The van der Waals surface area contributed by atoms with Gasteiger partial charge in [-0.25, -0.2) is 0 Å². The molecule has 0 saturated heterocycles. The van der Waals surface area contributed by atoms with E-state index in [4.69, 9.17) is 0 Å². The van der Waals surface area contributed by atoms with Crippen LogP contribution >= 0.6 is 12.4 Å². The number of aliphatic hydroxyl groups is 1. The van der Waals surface area contributed by atoms with E-state index in [2.05, 4.69) is 4.98 Å². The van der Waals surface area contributed by atoms with Crippen molar-refractivity contribution in [2.45, 2.75) is 6.10 Å². The highest BCUT2D eigenvalue weighted by atomic mass is 35.5. The second kappa shape index (κ2) is 6.84. The molecule has 1 aromatic heterocycles. The number of pyridine rings is 1. The van der Waals surface area contributed by atoms with Crippen molar-refractivity contribution in [2.24, 2.45) is 0 Å². The van der Waals surface area contributed by atoms with Gasteiger partial charge in [0.25, 0.3) is 0 Å². The lowest BCUT2D eigenvalue weighted by Crippen LogP contribution is -1.91. The van der Waals surface area contributed by atoms with Gasteiger partial charge in [0.05, 0.1) is 6.10 Å². The Hall–Kier alpha value is -1.64. The largest absolute Gasteiger partial charge is 0.384 e. The monoisotopic (exact) mass is 247 g/mol. The zero-order chi connectivity index (χ0) is 11.2. The number of hydrogen-bond acceptors (Lipinski definition) is 2. The van der Waals surface area contributed by atoms with Crippen molar-refractivity contribution < 1.29 is 5.11 Å². The van der Waals surface area contributed by atoms with Crippen molar-refractivity contribution in [3.05, 3.63) is 72.1 Å². The second-order valence-electron chi connectivity index (χ2n) is 3.50. The van der Waals surface area contributed by atoms with Crippen molar-refractivity contribution >= 4 is 18.5 Å². The molecule has 3 heteroatoms. The Morgan fingerprint density at radius 3 is 2.47 bits per heavy atom. The molecular formula is C14H14ClNO. The van der Waals surface area contributed by atoms with Crippen molar-refractivity contribution in [2.75, 3.05) is 0 Å². The maximum Gasteiger partial charge on any atom is 0.0975 e. The standard InChI is InChI=1S/C14H13NO.ClH/c16-14(13-6-2-1-3-7-13)9-8-12-5-4-10-15-11-12;/h1-11,14,16H;1H/b9-8+;. The minimum atomic E-state index is -0.568. The van der Waals surface area contributed by atoms with Gasteiger partial charge in [0.1, 0.15) is 0 Å². The molecule has 0 fully saturated rings. The van der Waals surface area contributed by atoms with E-state index >= 15 is 0 Å². The van der Waals surface area contributed by atoms with Gasteiger partial charge in [-0.2, -0.15) is 0 Å². The summed E-state index contributed by atoms with van der Waals surface area (Å²) < 4.78 is 0. The first-order valence-corrected chi connectivity index (χ1v) is 5.17. The van der Waals surface area contributed by atoms with Crippen LogP contribution in [0.2, 0.25) is 0 Å². The minimum Gasteiger partial charge on any atom is -0.384 e. The van der Waals surface area contributed by atoms with E-state index in [-0.39, 0.29) is 12.4 Å². The fourth-order valence-corrected chi connectivity index (χ4v) is 1.44. The maximum atomic E-state index is 9.87. The van der Waals surface area contributed by atoms with E-state index < -0.39 is 6.10 Å². The molecule has 0 aliphatic rings. The van der Waals surface area contributed by atoms with Gasteiger partial charge in [-0.3, -0.25) is 4.98 Å². The predicted molar refractivity (Wildman–Crippen MR) is 71.9 cm³/mol. The molecule has 0 spiro atoms. The van der Waals surface area contributed by atoms with Crippen molar-refractivity contribution in [1.29, 1.82) is 0 Å². The lowest BCUT2D eigenvalue weighted by molar-refractivity contribution is 0.229. The Labute approximate surface area is 107 Å². The van der Waals surface area contributed by atoms with Crippen LogP contribution in [-0.2, 0) is 0 Å². The molecule has 0 aliphatic heterocycles. The third-order valence-corrected chi connectivity index (χ3v) is 2.30. The molecular weight excluding hydrogens is 234 g/mol. The zero-order valence-electron chi connectivity index (χ0n) is 9.23. The van der Waals surface area contributed by atoms with Crippen LogP contribution in [0.1, 0.15) is 17.2 Å². The second-order valence-corrected chi connectivity index (χ2v) is 3.50. The van der Waals surface area contributed by atoms with Crippen LogP contribution < -0.4 is 0 Å². The predicted octanol–water partition coefficient (Wildman–Crippen LogP) is 3.25. The molecule has 2 nitrogen and oxygen atoms in total. The Bertz CT molecular complexity index is 456. The average Bonchev–Trinajstić information content (AvgIpc) is 2.38. The summed E-state index contributed by atoms with van der Waals surface area (Å²) in [5.41, 5.74) is 1.88. The van der Waals surface area contributed by atoms with E-state index in [9.17, 15) is 5.11 Å². The molecule has 17 heavy (non-hydrogen) atoms. The van der Waals surface area contributed by atoms with Crippen LogP contribution in [0.25, 0.3) is 6.08 Å². The molecule has 0 saturated carbocycles. The number of halogens is 1. The highest BCUT2D eigenvalue weighted by Gasteiger charge is 2.00. The van der Waals surface area contributed by atoms with Crippen LogP contribution in [0, 0.1) is 0 Å². The lowest BCUT2D eigenvalue weighted by atomic mass is 10.1. The van der Waals surface area contributed by atoms with Crippen LogP contribution in [0.15, 0.2) is 60.9 Å². The fraction of sp³-hybridized carbons (Fsp3) is 0.0714. The number of nitrogens with zero attached hydrogens (tertiary/aromatic N) is 1. The van der Waals surface area contributed by atoms with E-state index in [1.807, 2.05) is 48.5 Å². The first kappa shape index (κ1) is 13.4. The molecule has 1 unspecified atom stereocenters. The topological polar surface area (TPSA) is 33.1 Å². The molecule has 0 aliphatic carbocycles. The number of rotatable bonds is 3. The molecule has 88 valence electrons. The molecule has 0 radical (unpaired) electrons. The van der Waals surface area contributed by atoms with E-state index in [0.717, 1.165) is 11.1 Å². The summed E-state index contributed by atoms with van der Waals surface area (Å²) in [6, 6.07) is 13.4. The normalized spacial score (nSPS) is 12.1. The Morgan fingerprint density at radius 2 is 1.82 bits per heavy atom. The zero-order valence-corrected chi connectivity index (χ0v) is 10.0. The molecule has 1 atom stereocenters. The van der Waals surface area contributed by atoms with Gasteiger partial charge in [0, 0.05) is 12.4 Å². The smallest absolute Gasteiger partial charge is 0.0975 e. The van der Waals surface area contributed by atoms with Gasteiger partial charge in [-0.05, 0) is 17.2 Å². The van der Waals surface area contributed by atoms with E-state index in [1.165, 1.54) is 0 Å². The summed E-state index contributed by atoms with van der Waals surface area (Å²) in [5, 5.41) is 9.87. The molecule has 2 rings (SSSR count). The summed E-state index contributed by atoms with van der Waals surface area (Å²) >= 11 is 0. The Balaban J connectivity index is 0.00000144. The van der Waals surface area contributed by atoms with Gasteiger partial charge in [-0.1, -0.05) is 48.6 Å². The number of aromatic nitrogens is 1. The molecule has 1 heterocycles. The average molecular weight is 248 g/mol. The summed E-state index contributed by atoms with van der Waals surface area (Å²) in [5.74, 6) is 0. The quantitative estimate of drug-likeness (QED) is 0.903. The number of aliphatic hydroxyl groups excluding tert-OH is 1. The van der Waals surface area contributed by atoms with Crippen LogP contribution in [-0.4, -0.2) is 10.1 Å². The third kappa shape index (κ3) is 4.02. The third-order valence-electron chi connectivity index (χ3n) is 2.30. The number of benzene rings is 1. The van der Waals surface area contributed by atoms with Crippen molar-refractivity contribution in [3.63, 3.8) is 0 Å². The van der Waals surface area contributed by atoms with Gasteiger partial charge < -0.3 is 5.11 Å². The van der Waals surface area contributed by atoms with Gasteiger partial charge >= 0.3 is 0 Å². The van der Waals surface area contributed by atoms with Crippen LogP contribution in [0.4, 0.5) is 0 Å². The molecule has 0 amide bonds. The van der Waals surface area contributed by atoms with E-state index in [0.29, 0.717) is 0 Å².